The Balaban J connectivity index is 1.85. The van der Waals surface area contributed by atoms with Gasteiger partial charge >= 0.3 is 5.97 Å². The zero-order valence-electron chi connectivity index (χ0n) is 13.6. The molecule has 0 saturated carbocycles. The van der Waals surface area contributed by atoms with Crippen LogP contribution < -0.4 is 5.32 Å². The van der Waals surface area contributed by atoms with Gasteiger partial charge in [-0.25, -0.2) is 4.79 Å². The smallest absolute Gasteiger partial charge is 0.356 e. The van der Waals surface area contributed by atoms with Crippen LogP contribution in [-0.4, -0.2) is 44.6 Å². The summed E-state index contributed by atoms with van der Waals surface area (Å²) in [6, 6.07) is 3.37. The van der Waals surface area contributed by atoms with Crippen LogP contribution >= 0.6 is 0 Å². The standard InChI is InChI=1S/C15H21N5O3/c1-4-23-15(22)13-10-12(18-19(13)3)14(21)16-7-5-9-20-11(2)6-8-17-20/h6,8,10H,4-5,7,9H2,1-3H3,(H,16,21). The fourth-order valence-electron chi connectivity index (χ4n) is 2.13. The molecule has 0 aliphatic heterocycles. The minimum Gasteiger partial charge on any atom is -0.461 e. The highest BCUT2D eigenvalue weighted by molar-refractivity contribution is 5.95. The number of aryl methyl sites for hydroxylation is 3. The number of carbonyl (C=O) groups is 2. The van der Waals surface area contributed by atoms with Crippen molar-refractivity contribution < 1.29 is 14.3 Å². The summed E-state index contributed by atoms with van der Waals surface area (Å²) in [6.45, 7) is 5.22. The van der Waals surface area contributed by atoms with Crippen molar-refractivity contribution in [1.29, 1.82) is 0 Å². The molecule has 1 amide bonds. The molecule has 0 aromatic carbocycles. The molecule has 0 atom stereocenters. The van der Waals surface area contributed by atoms with E-state index >= 15 is 0 Å². The zero-order chi connectivity index (χ0) is 16.8. The number of nitrogens with zero attached hydrogens (tertiary/aromatic N) is 4. The van der Waals surface area contributed by atoms with Crippen molar-refractivity contribution in [3.8, 4) is 0 Å². The molecule has 2 heterocycles. The van der Waals surface area contributed by atoms with E-state index in [2.05, 4.69) is 15.5 Å². The average molecular weight is 319 g/mol. The van der Waals surface area contributed by atoms with Gasteiger partial charge in [0.15, 0.2) is 5.69 Å². The summed E-state index contributed by atoms with van der Waals surface area (Å²) in [7, 11) is 1.60. The second-order valence-electron chi connectivity index (χ2n) is 5.06. The van der Waals surface area contributed by atoms with Crippen LogP contribution in [0.3, 0.4) is 0 Å². The third-order valence-corrected chi connectivity index (χ3v) is 3.36. The molecule has 8 nitrogen and oxygen atoms in total. The van der Waals surface area contributed by atoms with Crippen molar-refractivity contribution in [3.05, 3.63) is 35.4 Å². The highest BCUT2D eigenvalue weighted by Gasteiger charge is 2.18. The Bertz CT molecular complexity index is 689. The van der Waals surface area contributed by atoms with Crippen LogP contribution in [0, 0.1) is 6.92 Å². The first-order chi connectivity index (χ1) is 11.0. The lowest BCUT2D eigenvalue weighted by Gasteiger charge is -2.05. The van der Waals surface area contributed by atoms with Gasteiger partial charge < -0.3 is 10.1 Å². The molecule has 0 bridgehead atoms. The van der Waals surface area contributed by atoms with Crippen LogP contribution in [0.15, 0.2) is 18.3 Å². The summed E-state index contributed by atoms with van der Waals surface area (Å²) in [6.07, 6.45) is 2.50. The lowest BCUT2D eigenvalue weighted by molar-refractivity contribution is 0.0513. The van der Waals surface area contributed by atoms with E-state index < -0.39 is 5.97 Å². The normalized spacial score (nSPS) is 10.6. The highest BCUT2D eigenvalue weighted by atomic mass is 16.5. The van der Waals surface area contributed by atoms with Gasteiger partial charge in [-0.2, -0.15) is 10.2 Å². The summed E-state index contributed by atoms with van der Waals surface area (Å²) < 4.78 is 8.14. The summed E-state index contributed by atoms with van der Waals surface area (Å²) in [4.78, 5) is 23.8. The molecule has 0 unspecified atom stereocenters. The predicted octanol–water partition coefficient (Wildman–Crippen LogP) is 0.922. The molecular formula is C15H21N5O3. The first-order valence-electron chi connectivity index (χ1n) is 7.50. The van der Waals surface area contributed by atoms with E-state index in [-0.39, 0.29) is 23.9 Å². The number of esters is 1. The average Bonchev–Trinajstić information content (AvgIpc) is 3.10. The molecule has 0 saturated heterocycles. The molecule has 0 radical (unpaired) electrons. The quantitative estimate of drug-likeness (QED) is 0.605. The second-order valence-corrected chi connectivity index (χ2v) is 5.06. The fraction of sp³-hybridized carbons (Fsp3) is 0.467. The summed E-state index contributed by atoms with van der Waals surface area (Å²) in [5.41, 5.74) is 1.54. The van der Waals surface area contributed by atoms with Crippen molar-refractivity contribution in [3.63, 3.8) is 0 Å². The third kappa shape index (κ3) is 4.18. The van der Waals surface area contributed by atoms with Gasteiger partial charge in [-0.05, 0) is 26.3 Å². The zero-order valence-corrected chi connectivity index (χ0v) is 13.6. The molecule has 2 aromatic rings. The Morgan fingerprint density at radius 1 is 1.39 bits per heavy atom. The maximum absolute atomic E-state index is 12.1. The van der Waals surface area contributed by atoms with Crippen molar-refractivity contribution in [2.45, 2.75) is 26.8 Å². The van der Waals surface area contributed by atoms with E-state index in [9.17, 15) is 9.59 Å². The van der Waals surface area contributed by atoms with Crippen LogP contribution in [0.2, 0.25) is 0 Å². The lowest BCUT2D eigenvalue weighted by Crippen LogP contribution is -2.26. The summed E-state index contributed by atoms with van der Waals surface area (Å²) in [5, 5.41) is 11.0. The third-order valence-electron chi connectivity index (χ3n) is 3.36. The Morgan fingerprint density at radius 2 is 2.17 bits per heavy atom. The van der Waals surface area contributed by atoms with Crippen molar-refractivity contribution in [2.24, 2.45) is 7.05 Å². The number of carbonyl (C=O) groups excluding carboxylic acids is 2. The Morgan fingerprint density at radius 3 is 2.83 bits per heavy atom. The van der Waals surface area contributed by atoms with E-state index in [1.807, 2.05) is 17.7 Å². The van der Waals surface area contributed by atoms with Crippen molar-refractivity contribution >= 4 is 11.9 Å². The summed E-state index contributed by atoms with van der Waals surface area (Å²) >= 11 is 0. The Kier molecular flexibility index (Phi) is 5.51. The first-order valence-corrected chi connectivity index (χ1v) is 7.50. The van der Waals surface area contributed by atoms with E-state index in [1.165, 1.54) is 10.7 Å². The molecule has 0 aliphatic carbocycles. The molecule has 1 N–H and O–H groups in total. The largest absolute Gasteiger partial charge is 0.461 e. The SMILES string of the molecule is CCOC(=O)c1cc(C(=O)NCCCn2nccc2C)nn1C. The lowest BCUT2D eigenvalue weighted by atomic mass is 10.3. The maximum Gasteiger partial charge on any atom is 0.356 e. The fourth-order valence-corrected chi connectivity index (χ4v) is 2.13. The minimum absolute atomic E-state index is 0.200. The molecule has 124 valence electrons. The number of rotatable bonds is 7. The number of ether oxygens (including phenoxy) is 1. The van der Waals surface area contributed by atoms with Crippen LogP contribution in [0.25, 0.3) is 0 Å². The van der Waals surface area contributed by atoms with Gasteiger partial charge in [0.1, 0.15) is 5.69 Å². The van der Waals surface area contributed by atoms with E-state index in [4.69, 9.17) is 4.74 Å². The van der Waals surface area contributed by atoms with E-state index in [1.54, 1.807) is 20.2 Å². The number of hydrogen-bond donors (Lipinski definition) is 1. The molecule has 0 aliphatic rings. The number of nitrogens with one attached hydrogen (secondary N) is 1. The molecular weight excluding hydrogens is 298 g/mol. The van der Waals surface area contributed by atoms with Crippen molar-refractivity contribution in [1.82, 2.24) is 24.9 Å². The minimum atomic E-state index is -0.490. The van der Waals surface area contributed by atoms with Gasteiger partial charge in [-0.15, -0.1) is 0 Å². The topological polar surface area (TPSA) is 91.0 Å². The van der Waals surface area contributed by atoms with Gasteiger partial charge in [-0.1, -0.05) is 0 Å². The van der Waals surface area contributed by atoms with Gasteiger partial charge in [-0.3, -0.25) is 14.2 Å². The van der Waals surface area contributed by atoms with E-state index in [0.717, 1.165) is 18.7 Å². The molecule has 0 fully saturated rings. The number of aromatic nitrogens is 4. The van der Waals surface area contributed by atoms with Gasteiger partial charge in [0, 0.05) is 38.1 Å². The van der Waals surface area contributed by atoms with Gasteiger partial charge in [0.2, 0.25) is 0 Å². The Labute approximate surface area is 134 Å². The van der Waals surface area contributed by atoms with Crippen LogP contribution in [0.4, 0.5) is 0 Å². The second kappa shape index (κ2) is 7.57. The first kappa shape index (κ1) is 16.7. The molecule has 2 rings (SSSR count). The van der Waals surface area contributed by atoms with Crippen LogP contribution in [-0.2, 0) is 18.3 Å². The van der Waals surface area contributed by atoms with Crippen LogP contribution in [0.5, 0.6) is 0 Å². The van der Waals surface area contributed by atoms with Gasteiger partial charge in [0.05, 0.1) is 6.61 Å². The molecule has 8 heteroatoms. The highest BCUT2D eigenvalue weighted by Crippen LogP contribution is 2.05. The monoisotopic (exact) mass is 319 g/mol. The summed E-state index contributed by atoms with van der Waals surface area (Å²) in [5.74, 6) is -0.802. The Hall–Kier alpha value is -2.64. The van der Waals surface area contributed by atoms with Crippen molar-refractivity contribution in [2.75, 3.05) is 13.2 Å². The maximum atomic E-state index is 12.1. The van der Waals surface area contributed by atoms with Crippen LogP contribution in [0.1, 0.15) is 40.0 Å². The predicted molar refractivity (Wildman–Crippen MR) is 83.1 cm³/mol. The molecule has 23 heavy (non-hydrogen) atoms. The molecule has 2 aromatic heterocycles. The van der Waals surface area contributed by atoms with Gasteiger partial charge in [0.25, 0.3) is 5.91 Å². The number of hydrogen-bond acceptors (Lipinski definition) is 5. The van der Waals surface area contributed by atoms with E-state index in [0.29, 0.717) is 6.54 Å². The number of amides is 1. The molecule has 0 spiro atoms.